The number of carbonyl (C=O) groups is 1. The number of aliphatic hydroxyl groups is 1. The molecule has 0 aromatic carbocycles. The molecule has 1 heterocycles. The van der Waals surface area contributed by atoms with E-state index >= 15 is 0 Å². The number of nitrogens with one attached hydrogen (secondary N) is 1. The zero-order valence-electron chi connectivity index (χ0n) is 10.2. The molecule has 0 saturated carbocycles. The summed E-state index contributed by atoms with van der Waals surface area (Å²) in [6.45, 7) is 4.08. The molecular formula is C12H19N3O2. The number of hydrogen-bond donors (Lipinski definition) is 3. The van der Waals surface area contributed by atoms with Gasteiger partial charge in [0.1, 0.15) is 0 Å². The van der Waals surface area contributed by atoms with E-state index in [9.17, 15) is 9.90 Å². The molecule has 0 aliphatic heterocycles. The first kappa shape index (κ1) is 13.6. The fourth-order valence-electron chi connectivity index (χ4n) is 1.23. The molecule has 0 bridgehead atoms. The number of nitrogens with zero attached hydrogens (tertiary/aromatic N) is 1. The second kappa shape index (κ2) is 5.75. The van der Waals surface area contributed by atoms with E-state index in [4.69, 9.17) is 5.73 Å². The second-order valence-electron chi connectivity index (χ2n) is 4.27. The maximum atomic E-state index is 11.8. The first-order chi connectivity index (χ1) is 7.98. The Morgan fingerprint density at radius 2 is 2.35 bits per heavy atom. The lowest BCUT2D eigenvalue weighted by Crippen LogP contribution is -2.40. The van der Waals surface area contributed by atoms with Gasteiger partial charge < -0.3 is 16.2 Å². The van der Waals surface area contributed by atoms with E-state index in [0.717, 1.165) is 0 Å². The topological polar surface area (TPSA) is 88.2 Å². The van der Waals surface area contributed by atoms with Crippen molar-refractivity contribution in [3.8, 4) is 0 Å². The van der Waals surface area contributed by atoms with Crippen LogP contribution in [0.15, 0.2) is 18.3 Å². The summed E-state index contributed by atoms with van der Waals surface area (Å²) in [7, 11) is 0. The van der Waals surface area contributed by atoms with E-state index < -0.39 is 5.60 Å². The predicted molar refractivity (Wildman–Crippen MR) is 65.4 cm³/mol. The maximum Gasteiger partial charge on any atom is 0.251 e. The molecular weight excluding hydrogens is 218 g/mol. The van der Waals surface area contributed by atoms with Crippen molar-refractivity contribution < 1.29 is 9.90 Å². The molecule has 94 valence electrons. The summed E-state index contributed by atoms with van der Waals surface area (Å²) >= 11 is 0. The molecule has 1 rings (SSSR count). The van der Waals surface area contributed by atoms with Crippen LogP contribution in [-0.2, 0) is 6.54 Å². The second-order valence-corrected chi connectivity index (χ2v) is 4.27. The molecule has 1 atom stereocenters. The monoisotopic (exact) mass is 237 g/mol. The summed E-state index contributed by atoms with van der Waals surface area (Å²) in [5.74, 6) is -0.226. The lowest BCUT2D eigenvalue weighted by Gasteiger charge is -2.21. The molecule has 5 heteroatoms. The van der Waals surface area contributed by atoms with Crippen LogP contribution >= 0.6 is 0 Å². The summed E-state index contributed by atoms with van der Waals surface area (Å²) in [6, 6.07) is 3.27. The number of rotatable bonds is 5. The minimum Gasteiger partial charge on any atom is -0.388 e. The number of pyridine rings is 1. The minimum atomic E-state index is -0.876. The molecule has 1 unspecified atom stereocenters. The van der Waals surface area contributed by atoms with Crippen molar-refractivity contribution >= 4 is 5.91 Å². The highest BCUT2D eigenvalue weighted by Crippen LogP contribution is 2.07. The first-order valence-corrected chi connectivity index (χ1v) is 5.64. The summed E-state index contributed by atoms with van der Waals surface area (Å²) in [4.78, 5) is 15.8. The van der Waals surface area contributed by atoms with Gasteiger partial charge in [-0.05, 0) is 25.5 Å². The van der Waals surface area contributed by atoms with Crippen LogP contribution in [0.3, 0.4) is 0 Å². The van der Waals surface area contributed by atoms with Crippen LogP contribution in [0.5, 0.6) is 0 Å². The average molecular weight is 237 g/mol. The van der Waals surface area contributed by atoms with Crippen LogP contribution in [0.1, 0.15) is 36.3 Å². The smallest absolute Gasteiger partial charge is 0.251 e. The van der Waals surface area contributed by atoms with Crippen molar-refractivity contribution in [2.45, 2.75) is 32.4 Å². The zero-order valence-corrected chi connectivity index (χ0v) is 10.2. The summed E-state index contributed by atoms with van der Waals surface area (Å²) in [5, 5.41) is 12.5. The molecule has 5 nitrogen and oxygen atoms in total. The largest absolute Gasteiger partial charge is 0.388 e. The lowest BCUT2D eigenvalue weighted by molar-refractivity contribution is 0.0518. The maximum absolute atomic E-state index is 11.8. The highest BCUT2D eigenvalue weighted by Gasteiger charge is 2.18. The van der Waals surface area contributed by atoms with Gasteiger partial charge in [0, 0.05) is 24.8 Å². The number of nitrogens with two attached hydrogens (primary N) is 1. The predicted octanol–water partition coefficient (Wildman–Crippen LogP) is 0.431. The average Bonchev–Trinajstić information content (AvgIpc) is 2.36. The van der Waals surface area contributed by atoms with Gasteiger partial charge in [-0.3, -0.25) is 9.78 Å². The Balaban J connectivity index is 2.64. The fraction of sp³-hybridized carbons (Fsp3) is 0.500. The third kappa shape index (κ3) is 4.13. The highest BCUT2D eigenvalue weighted by atomic mass is 16.3. The standard InChI is InChI=1S/C12H19N3O2/c1-3-12(2,17)8-15-11(16)9-4-5-14-10(6-9)7-13/h4-6,17H,3,7-8,13H2,1-2H3,(H,15,16). The molecule has 0 aliphatic rings. The van der Waals surface area contributed by atoms with Gasteiger partial charge >= 0.3 is 0 Å². The Morgan fingerprint density at radius 3 is 2.94 bits per heavy atom. The molecule has 1 amide bonds. The van der Waals surface area contributed by atoms with Crippen LogP contribution in [-0.4, -0.2) is 28.1 Å². The van der Waals surface area contributed by atoms with E-state index in [1.54, 1.807) is 25.3 Å². The summed E-state index contributed by atoms with van der Waals surface area (Å²) in [6.07, 6.45) is 2.13. The minimum absolute atomic E-state index is 0.225. The van der Waals surface area contributed by atoms with E-state index in [0.29, 0.717) is 24.2 Å². The van der Waals surface area contributed by atoms with E-state index in [2.05, 4.69) is 10.3 Å². The molecule has 0 spiro atoms. The van der Waals surface area contributed by atoms with Crippen LogP contribution in [0, 0.1) is 0 Å². The van der Waals surface area contributed by atoms with Crippen molar-refractivity contribution in [3.63, 3.8) is 0 Å². The molecule has 0 aliphatic carbocycles. The molecule has 17 heavy (non-hydrogen) atoms. The van der Waals surface area contributed by atoms with E-state index in [1.165, 1.54) is 0 Å². The van der Waals surface area contributed by atoms with Gasteiger partial charge in [-0.15, -0.1) is 0 Å². The Hall–Kier alpha value is -1.46. The molecule has 0 fully saturated rings. The van der Waals surface area contributed by atoms with Crippen molar-refractivity contribution in [3.05, 3.63) is 29.6 Å². The van der Waals surface area contributed by atoms with E-state index in [-0.39, 0.29) is 12.5 Å². The molecule has 0 radical (unpaired) electrons. The molecule has 4 N–H and O–H groups in total. The number of carbonyl (C=O) groups excluding carboxylic acids is 1. The Morgan fingerprint density at radius 1 is 1.65 bits per heavy atom. The zero-order chi connectivity index (χ0) is 12.9. The fourth-order valence-corrected chi connectivity index (χ4v) is 1.23. The molecule has 1 aromatic rings. The highest BCUT2D eigenvalue weighted by molar-refractivity contribution is 5.94. The van der Waals surface area contributed by atoms with Gasteiger partial charge in [-0.1, -0.05) is 6.92 Å². The first-order valence-electron chi connectivity index (χ1n) is 5.64. The SMILES string of the molecule is CCC(C)(O)CNC(=O)c1ccnc(CN)c1. The summed E-state index contributed by atoms with van der Waals surface area (Å²) in [5.41, 5.74) is 5.75. The number of hydrogen-bond acceptors (Lipinski definition) is 4. The number of amides is 1. The van der Waals surface area contributed by atoms with Crippen LogP contribution in [0.4, 0.5) is 0 Å². The Bertz CT molecular complexity index is 391. The Kier molecular flexibility index (Phi) is 4.60. The van der Waals surface area contributed by atoms with Crippen molar-refractivity contribution in [2.75, 3.05) is 6.54 Å². The van der Waals surface area contributed by atoms with Gasteiger partial charge in [0.15, 0.2) is 0 Å². The van der Waals surface area contributed by atoms with Gasteiger partial charge in [-0.25, -0.2) is 0 Å². The van der Waals surface area contributed by atoms with Crippen LogP contribution < -0.4 is 11.1 Å². The molecule has 1 aromatic heterocycles. The van der Waals surface area contributed by atoms with Gasteiger partial charge in [0.25, 0.3) is 5.91 Å². The normalized spacial score (nSPS) is 14.1. The van der Waals surface area contributed by atoms with Crippen molar-refractivity contribution in [1.29, 1.82) is 0 Å². The quantitative estimate of drug-likeness (QED) is 0.693. The third-order valence-corrected chi connectivity index (χ3v) is 2.68. The van der Waals surface area contributed by atoms with Crippen molar-refractivity contribution in [1.82, 2.24) is 10.3 Å². The van der Waals surface area contributed by atoms with Crippen LogP contribution in [0.25, 0.3) is 0 Å². The third-order valence-electron chi connectivity index (χ3n) is 2.68. The van der Waals surface area contributed by atoms with Gasteiger partial charge in [0.2, 0.25) is 0 Å². The van der Waals surface area contributed by atoms with E-state index in [1.807, 2.05) is 6.92 Å². The molecule has 0 saturated heterocycles. The van der Waals surface area contributed by atoms with Crippen LogP contribution in [0.2, 0.25) is 0 Å². The summed E-state index contributed by atoms with van der Waals surface area (Å²) < 4.78 is 0. The van der Waals surface area contributed by atoms with Gasteiger partial charge in [-0.2, -0.15) is 0 Å². The van der Waals surface area contributed by atoms with Crippen molar-refractivity contribution in [2.24, 2.45) is 5.73 Å². The lowest BCUT2D eigenvalue weighted by atomic mass is 10.0. The number of aromatic nitrogens is 1. The Labute approximate surface area is 101 Å². The van der Waals surface area contributed by atoms with Gasteiger partial charge in [0.05, 0.1) is 11.3 Å².